The molecule has 1 heterocycles. The van der Waals surface area contributed by atoms with Crippen LogP contribution in [0.3, 0.4) is 0 Å². The Morgan fingerprint density at radius 2 is 1.95 bits per heavy atom. The highest BCUT2D eigenvalue weighted by atomic mass is 16.5. The molecule has 0 bridgehead atoms. The number of rotatable bonds is 3. The molecule has 0 radical (unpaired) electrons. The van der Waals surface area contributed by atoms with E-state index in [4.69, 9.17) is 10.00 Å². The predicted molar refractivity (Wildman–Crippen MR) is 83.3 cm³/mol. The summed E-state index contributed by atoms with van der Waals surface area (Å²) in [4.78, 5) is 0. The van der Waals surface area contributed by atoms with Gasteiger partial charge in [0.1, 0.15) is 11.4 Å². The van der Waals surface area contributed by atoms with Crippen LogP contribution in [0.2, 0.25) is 0 Å². The standard InChI is InChI=1S/C18H18N2O/c1-18(2)10-15-9-14(5-8-17(15)21-18)12-20-16-6-3-13(11-19)4-7-16/h3-9,20H,10,12H2,1-2H3. The summed E-state index contributed by atoms with van der Waals surface area (Å²) < 4.78 is 5.89. The highest BCUT2D eigenvalue weighted by Gasteiger charge is 2.29. The Kier molecular flexibility index (Phi) is 3.31. The molecule has 0 aliphatic carbocycles. The van der Waals surface area contributed by atoms with Crippen molar-refractivity contribution in [1.82, 2.24) is 0 Å². The van der Waals surface area contributed by atoms with Crippen LogP contribution in [-0.2, 0) is 13.0 Å². The average Bonchev–Trinajstić information content (AvgIpc) is 2.78. The van der Waals surface area contributed by atoms with Crippen molar-refractivity contribution in [3.8, 4) is 11.8 Å². The molecule has 0 aromatic heterocycles. The van der Waals surface area contributed by atoms with Crippen LogP contribution in [0.4, 0.5) is 5.69 Å². The Balaban J connectivity index is 1.68. The highest BCUT2D eigenvalue weighted by molar-refractivity contribution is 5.48. The van der Waals surface area contributed by atoms with Crippen molar-refractivity contribution in [2.45, 2.75) is 32.4 Å². The smallest absolute Gasteiger partial charge is 0.123 e. The normalized spacial score (nSPS) is 14.9. The first-order valence-electron chi connectivity index (χ1n) is 7.11. The second-order valence-electron chi connectivity index (χ2n) is 6.02. The van der Waals surface area contributed by atoms with Gasteiger partial charge in [-0.1, -0.05) is 12.1 Å². The van der Waals surface area contributed by atoms with Crippen molar-refractivity contribution in [1.29, 1.82) is 5.26 Å². The molecule has 0 fully saturated rings. The van der Waals surface area contributed by atoms with Gasteiger partial charge in [-0.15, -0.1) is 0 Å². The summed E-state index contributed by atoms with van der Waals surface area (Å²) in [5.41, 5.74) is 4.11. The van der Waals surface area contributed by atoms with Crippen molar-refractivity contribution in [2.24, 2.45) is 0 Å². The lowest BCUT2D eigenvalue weighted by Crippen LogP contribution is -2.24. The summed E-state index contributed by atoms with van der Waals surface area (Å²) >= 11 is 0. The van der Waals surface area contributed by atoms with Crippen molar-refractivity contribution in [3.63, 3.8) is 0 Å². The number of fused-ring (bicyclic) bond motifs is 1. The third kappa shape index (κ3) is 3.00. The number of hydrogen-bond donors (Lipinski definition) is 1. The average molecular weight is 278 g/mol. The number of anilines is 1. The molecule has 1 aliphatic heterocycles. The van der Waals surface area contributed by atoms with E-state index in [0.717, 1.165) is 24.4 Å². The molecule has 3 heteroatoms. The van der Waals surface area contributed by atoms with E-state index in [-0.39, 0.29) is 5.60 Å². The molecule has 0 amide bonds. The monoisotopic (exact) mass is 278 g/mol. The molecule has 21 heavy (non-hydrogen) atoms. The van der Waals surface area contributed by atoms with E-state index in [0.29, 0.717) is 5.56 Å². The minimum atomic E-state index is -0.0957. The fourth-order valence-corrected chi connectivity index (χ4v) is 2.64. The Hall–Kier alpha value is -2.47. The molecule has 3 rings (SSSR count). The van der Waals surface area contributed by atoms with Crippen LogP contribution in [0.5, 0.6) is 5.75 Å². The maximum atomic E-state index is 8.79. The van der Waals surface area contributed by atoms with Crippen LogP contribution < -0.4 is 10.1 Å². The summed E-state index contributed by atoms with van der Waals surface area (Å²) in [6, 6.07) is 16.0. The summed E-state index contributed by atoms with van der Waals surface area (Å²) in [6.45, 7) is 4.99. The quantitative estimate of drug-likeness (QED) is 0.926. The van der Waals surface area contributed by atoms with Gasteiger partial charge >= 0.3 is 0 Å². The number of benzene rings is 2. The minimum absolute atomic E-state index is 0.0957. The summed E-state index contributed by atoms with van der Waals surface area (Å²) in [5, 5.41) is 12.2. The van der Waals surface area contributed by atoms with Gasteiger partial charge in [-0.2, -0.15) is 5.26 Å². The molecule has 2 aromatic carbocycles. The zero-order chi connectivity index (χ0) is 14.9. The lowest BCUT2D eigenvalue weighted by Gasteiger charge is -2.16. The maximum absolute atomic E-state index is 8.79. The van der Waals surface area contributed by atoms with E-state index in [2.05, 4.69) is 43.4 Å². The SMILES string of the molecule is CC1(C)Cc2cc(CNc3ccc(C#N)cc3)ccc2O1. The molecule has 0 saturated carbocycles. The molecular weight excluding hydrogens is 260 g/mol. The predicted octanol–water partition coefficient (Wildman–Crippen LogP) is 3.88. The first-order chi connectivity index (χ1) is 10.1. The number of nitrogens with one attached hydrogen (secondary N) is 1. The van der Waals surface area contributed by atoms with Crippen molar-refractivity contribution in [3.05, 3.63) is 59.2 Å². The van der Waals surface area contributed by atoms with E-state index in [1.54, 1.807) is 0 Å². The number of ether oxygens (including phenoxy) is 1. The summed E-state index contributed by atoms with van der Waals surface area (Å²) in [5.74, 6) is 1.00. The Morgan fingerprint density at radius 3 is 2.67 bits per heavy atom. The second-order valence-corrected chi connectivity index (χ2v) is 6.02. The summed E-state index contributed by atoms with van der Waals surface area (Å²) in [7, 11) is 0. The van der Waals surface area contributed by atoms with Crippen molar-refractivity contribution >= 4 is 5.69 Å². The molecule has 0 saturated heterocycles. The topological polar surface area (TPSA) is 45.0 Å². The van der Waals surface area contributed by atoms with Crippen LogP contribution in [0.15, 0.2) is 42.5 Å². The lowest BCUT2D eigenvalue weighted by atomic mass is 10.0. The number of nitriles is 1. The van der Waals surface area contributed by atoms with Gasteiger partial charge in [-0.05, 0) is 55.3 Å². The van der Waals surface area contributed by atoms with Gasteiger partial charge in [0.05, 0.1) is 11.6 Å². The second kappa shape index (κ2) is 5.14. The van der Waals surface area contributed by atoms with Crippen LogP contribution in [0.25, 0.3) is 0 Å². The zero-order valence-electron chi connectivity index (χ0n) is 12.3. The molecule has 2 aromatic rings. The Morgan fingerprint density at radius 1 is 1.19 bits per heavy atom. The number of hydrogen-bond acceptors (Lipinski definition) is 3. The largest absolute Gasteiger partial charge is 0.487 e. The van der Waals surface area contributed by atoms with E-state index in [1.165, 1.54) is 11.1 Å². The zero-order valence-corrected chi connectivity index (χ0v) is 12.3. The Bertz CT molecular complexity index is 696. The molecule has 0 spiro atoms. The molecule has 106 valence electrons. The van der Waals surface area contributed by atoms with Crippen molar-refractivity contribution in [2.75, 3.05) is 5.32 Å². The number of nitrogens with zero attached hydrogens (tertiary/aromatic N) is 1. The van der Waals surface area contributed by atoms with Crippen LogP contribution in [-0.4, -0.2) is 5.60 Å². The van der Waals surface area contributed by atoms with Crippen LogP contribution >= 0.6 is 0 Å². The van der Waals surface area contributed by atoms with Gasteiger partial charge in [0.25, 0.3) is 0 Å². The van der Waals surface area contributed by atoms with Gasteiger partial charge in [-0.25, -0.2) is 0 Å². The molecular formula is C18H18N2O. The van der Waals surface area contributed by atoms with Gasteiger partial charge in [0.15, 0.2) is 0 Å². The lowest BCUT2D eigenvalue weighted by molar-refractivity contribution is 0.138. The molecule has 1 aliphatic rings. The fourth-order valence-electron chi connectivity index (χ4n) is 2.64. The van der Waals surface area contributed by atoms with Crippen molar-refractivity contribution < 1.29 is 4.74 Å². The van der Waals surface area contributed by atoms with Crippen LogP contribution in [0.1, 0.15) is 30.5 Å². The first kappa shape index (κ1) is 13.5. The van der Waals surface area contributed by atoms with Gasteiger partial charge in [0, 0.05) is 18.7 Å². The third-order valence-corrected chi connectivity index (χ3v) is 3.64. The highest BCUT2D eigenvalue weighted by Crippen LogP contribution is 2.35. The van der Waals surface area contributed by atoms with E-state index >= 15 is 0 Å². The molecule has 1 N–H and O–H groups in total. The van der Waals surface area contributed by atoms with Gasteiger partial charge < -0.3 is 10.1 Å². The molecule has 3 nitrogen and oxygen atoms in total. The van der Waals surface area contributed by atoms with E-state index in [9.17, 15) is 0 Å². The molecule has 0 unspecified atom stereocenters. The third-order valence-electron chi connectivity index (χ3n) is 3.64. The molecule has 0 atom stereocenters. The minimum Gasteiger partial charge on any atom is -0.487 e. The Labute approximate surface area is 125 Å². The van der Waals surface area contributed by atoms with Gasteiger partial charge in [0.2, 0.25) is 0 Å². The first-order valence-corrected chi connectivity index (χ1v) is 7.11. The van der Waals surface area contributed by atoms with E-state index < -0.39 is 0 Å². The van der Waals surface area contributed by atoms with E-state index in [1.807, 2.05) is 24.3 Å². The van der Waals surface area contributed by atoms with Crippen LogP contribution in [0, 0.1) is 11.3 Å². The summed E-state index contributed by atoms with van der Waals surface area (Å²) in [6.07, 6.45) is 0.951. The maximum Gasteiger partial charge on any atom is 0.123 e. The van der Waals surface area contributed by atoms with Gasteiger partial charge in [-0.3, -0.25) is 0 Å². The fraction of sp³-hybridized carbons (Fsp3) is 0.278.